The molecule has 0 aliphatic rings. The van der Waals surface area contributed by atoms with Gasteiger partial charge in [-0.05, 0) is 25.3 Å². The Balaban J connectivity index is 3.56. The van der Waals surface area contributed by atoms with Crippen molar-refractivity contribution in [3.63, 3.8) is 0 Å². The molecule has 0 aliphatic carbocycles. The summed E-state index contributed by atoms with van der Waals surface area (Å²) in [6.07, 6.45) is 6.52. The fourth-order valence-corrected chi connectivity index (χ4v) is 1.71. The summed E-state index contributed by atoms with van der Waals surface area (Å²) in [4.78, 5) is 0. The van der Waals surface area contributed by atoms with E-state index in [2.05, 4.69) is 33.0 Å². The van der Waals surface area contributed by atoms with Crippen molar-refractivity contribution in [3.05, 3.63) is 0 Å². The predicted molar refractivity (Wildman–Crippen MR) is 61.1 cm³/mol. The van der Waals surface area contributed by atoms with Crippen molar-refractivity contribution in [1.29, 1.82) is 0 Å². The predicted octanol–water partition coefficient (Wildman–Crippen LogP) is 3.59. The van der Waals surface area contributed by atoms with E-state index in [1.807, 2.05) is 0 Å². The molecule has 13 heavy (non-hydrogen) atoms. The fraction of sp³-hybridized carbons (Fsp3) is 1.00. The van der Waals surface area contributed by atoms with Gasteiger partial charge in [-0.15, -0.1) is 0 Å². The third kappa shape index (κ3) is 6.09. The SMILES string of the molecule is CCCC(CC)NCC(CC)CC. The molecule has 0 radical (unpaired) electrons. The van der Waals surface area contributed by atoms with Gasteiger partial charge in [-0.2, -0.15) is 0 Å². The van der Waals surface area contributed by atoms with Crippen LogP contribution in [0.3, 0.4) is 0 Å². The van der Waals surface area contributed by atoms with E-state index in [1.165, 1.54) is 38.6 Å². The monoisotopic (exact) mass is 185 g/mol. The minimum atomic E-state index is 0.755. The van der Waals surface area contributed by atoms with Crippen LogP contribution in [0.1, 0.15) is 59.8 Å². The van der Waals surface area contributed by atoms with E-state index in [9.17, 15) is 0 Å². The topological polar surface area (TPSA) is 12.0 Å². The summed E-state index contributed by atoms with van der Waals surface area (Å²) in [7, 11) is 0. The van der Waals surface area contributed by atoms with Crippen LogP contribution in [0.5, 0.6) is 0 Å². The van der Waals surface area contributed by atoms with E-state index in [0.717, 1.165) is 12.0 Å². The molecule has 0 fully saturated rings. The standard InChI is InChI=1S/C12H27N/c1-5-9-12(8-4)13-10-11(6-2)7-3/h11-13H,5-10H2,1-4H3. The first kappa shape index (κ1) is 13.0. The van der Waals surface area contributed by atoms with Crippen LogP contribution >= 0.6 is 0 Å². The van der Waals surface area contributed by atoms with E-state index >= 15 is 0 Å². The Kier molecular flexibility index (Phi) is 8.53. The van der Waals surface area contributed by atoms with E-state index in [1.54, 1.807) is 0 Å². The lowest BCUT2D eigenvalue weighted by Gasteiger charge is -2.20. The molecule has 0 heterocycles. The lowest BCUT2D eigenvalue weighted by atomic mass is 10.0. The van der Waals surface area contributed by atoms with Gasteiger partial charge >= 0.3 is 0 Å². The van der Waals surface area contributed by atoms with Crippen LogP contribution in [0, 0.1) is 5.92 Å². The van der Waals surface area contributed by atoms with Crippen molar-refractivity contribution in [3.8, 4) is 0 Å². The highest BCUT2D eigenvalue weighted by atomic mass is 14.9. The zero-order chi connectivity index (χ0) is 10.1. The van der Waals surface area contributed by atoms with Crippen LogP contribution < -0.4 is 5.32 Å². The van der Waals surface area contributed by atoms with Gasteiger partial charge in [0, 0.05) is 6.04 Å². The molecule has 1 heteroatoms. The van der Waals surface area contributed by atoms with Crippen molar-refractivity contribution in [2.45, 2.75) is 65.8 Å². The maximum atomic E-state index is 3.67. The second kappa shape index (κ2) is 8.55. The number of rotatable bonds is 8. The van der Waals surface area contributed by atoms with E-state index in [0.29, 0.717) is 0 Å². The normalized spacial score (nSPS) is 13.6. The van der Waals surface area contributed by atoms with E-state index in [-0.39, 0.29) is 0 Å². The second-order valence-electron chi connectivity index (χ2n) is 3.98. The highest BCUT2D eigenvalue weighted by Crippen LogP contribution is 2.07. The Morgan fingerprint density at radius 1 is 0.923 bits per heavy atom. The highest BCUT2D eigenvalue weighted by Gasteiger charge is 2.07. The molecule has 1 nitrogen and oxygen atoms in total. The van der Waals surface area contributed by atoms with Crippen LogP contribution in [0.4, 0.5) is 0 Å². The summed E-state index contributed by atoms with van der Waals surface area (Å²) < 4.78 is 0. The molecule has 0 saturated carbocycles. The molecule has 0 aromatic carbocycles. The first-order valence-corrected chi connectivity index (χ1v) is 6.01. The van der Waals surface area contributed by atoms with Crippen molar-refractivity contribution < 1.29 is 0 Å². The first-order valence-electron chi connectivity index (χ1n) is 6.01. The van der Waals surface area contributed by atoms with Crippen molar-refractivity contribution in [2.24, 2.45) is 5.92 Å². The summed E-state index contributed by atoms with van der Waals surface area (Å²) >= 11 is 0. The lowest BCUT2D eigenvalue weighted by Crippen LogP contribution is -2.32. The van der Waals surface area contributed by atoms with Crippen LogP contribution in [0.2, 0.25) is 0 Å². The molecule has 0 spiro atoms. The summed E-state index contributed by atoms with van der Waals surface area (Å²) in [6.45, 7) is 10.3. The molecule has 1 N–H and O–H groups in total. The summed E-state index contributed by atoms with van der Waals surface area (Å²) in [5.74, 6) is 0.880. The molecule has 0 aromatic heterocycles. The summed E-state index contributed by atoms with van der Waals surface area (Å²) in [6, 6.07) is 0.755. The van der Waals surface area contributed by atoms with Gasteiger partial charge in [0.05, 0.1) is 0 Å². The fourth-order valence-electron chi connectivity index (χ4n) is 1.71. The van der Waals surface area contributed by atoms with Crippen LogP contribution in [0.15, 0.2) is 0 Å². The van der Waals surface area contributed by atoms with Gasteiger partial charge in [-0.25, -0.2) is 0 Å². The molecular formula is C12H27N. The Morgan fingerprint density at radius 2 is 1.54 bits per heavy atom. The zero-order valence-electron chi connectivity index (χ0n) is 9.90. The van der Waals surface area contributed by atoms with E-state index in [4.69, 9.17) is 0 Å². The number of nitrogens with one attached hydrogen (secondary N) is 1. The van der Waals surface area contributed by atoms with Gasteiger partial charge in [0.1, 0.15) is 0 Å². The first-order chi connectivity index (χ1) is 6.28. The minimum absolute atomic E-state index is 0.755. The maximum Gasteiger partial charge on any atom is 0.00644 e. The van der Waals surface area contributed by atoms with Crippen LogP contribution in [-0.4, -0.2) is 12.6 Å². The van der Waals surface area contributed by atoms with Gasteiger partial charge in [0.25, 0.3) is 0 Å². The molecule has 0 aromatic rings. The third-order valence-electron chi connectivity index (χ3n) is 2.98. The molecule has 0 saturated heterocycles. The quantitative estimate of drug-likeness (QED) is 0.609. The Labute approximate surface area is 84.3 Å². The number of hydrogen-bond donors (Lipinski definition) is 1. The summed E-state index contributed by atoms with van der Waals surface area (Å²) in [5.41, 5.74) is 0. The van der Waals surface area contributed by atoms with Gasteiger partial charge in [0.15, 0.2) is 0 Å². The summed E-state index contributed by atoms with van der Waals surface area (Å²) in [5, 5.41) is 3.67. The average molecular weight is 185 g/mol. The van der Waals surface area contributed by atoms with Crippen molar-refractivity contribution >= 4 is 0 Å². The minimum Gasteiger partial charge on any atom is -0.314 e. The molecule has 0 amide bonds. The third-order valence-corrected chi connectivity index (χ3v) is 2.98. The Bertz CT molecular complexity index is 97.3. The molecular weight excluding hydrogens is 158 g/mol. The van der Waals surface area contributed by atoms with Gasteiger partial charge in [-0.1, -0.05) is 47.0 Å². The van der Waals surface area contributed by atoms with Crippen molar-refractivity contribution in [2.75, 3.05) is 6.54 Å². The number of hydrogen-bond acceptors (Lipinski definition) is 1. The largest absolute Gasteiger partial charge is 0.314 e. The zero-order valence-corrected chi connectivity index (χ0v) is 9.90. The Morgan fingerprint density at radius 3 is 1.92 bits per heavy atom. The molecule has 80 valence electrons. The molecule has 0 bridgehead atoms. The van der Waals surface area contributed by atoms with Gasteiger partial charge < -0.3 is 5.32 Å². The smallest absolute Gasteiger partial charge is 0.00644 e. The second-order valence-corrected chi connectivity index (χ2v) is 3.98. The van der Waals surface area contributed by atoms with E-state index < -0.39 is 0 Å². The highest BCUT2D eigenvalue weighted by molar-refractivity contribution is 4.67. The van der Waals surface area contributed by atoms with Crippen LogP contribution in [-0.2, 0) is 0 Å². The lowest BCUT2D eigenvalue weighted by molar-refractivity contribution is 0.387. The van der Waals surface area contributed by atoms with Crippen LogP contribution in [0.25, 0.3) is 0 Å². The Hall–Kier alpha value is -0.0400. The van der Waals surface area contributed by atoms with Gasteiger partial charge in [0.2, 0.25) is 0 Å². The molecule has 0 rings (SSSR count). The average Bonchev–Trinajstić information content (AvgIpc) is 2.17. The molecule has 1 unspecified atom stereocenters. The van der Waals surface area contributed by atoms with Crippen molar-refractivity contribution in [1.82, 2.24) is 5.32 Å². The molecule has 1 atom stereocenters. The molecule has 0 aliphatic heterocycles. The maximum absolute atomic E-state index is 3.67. The van der Waals surface area contributed by atoms with Gasteiger partial charge in [-0.3, -0.25) is 0 Å².